The average molecular weight is 394 g/mol. The number of sulfonamides is 1. The van der Waals surface area contributed by atoms with Gasteiger partial charge in [0.25, 0.3) is 0 Å². The van der Waals surface area contributed by atoms with Crippen molar-refractivity contribution in [2.75, 3.05) is 5.88 Å². The summed E-state index contributed by atoms with van der Waals surface area (Å²) in [6.07, 6.45) is 1.45. The summed E-state index contributed by atoms with van der Waals surface area (Å²) in [5, 5.41) is 0.152. The molecule has 2 rings (SSSR count). The number of hydrogen-bond acceptors (Lipinski definition) is 2. The monoisotopic (exact) mass is 391 g/mol. The van der Waals surface area contributed by atoms with Crippen LogP contribution in [0, 0.1) is 0 Å². The van der Waals surface area contributed by atoms with Crippen LogP contribution in [0.1, 0.15) is 12.8 Å². The standard InChI is InChI=1S/C10H9BrCl3NO2S/c11-6-3-7(13)9(8(14)4-6)18(16,17)15-10(5-12)1-2-10/h3-4,15H,1-2,5H2. The van der Waals surface area contributed by atoms with E-state index in [1.807, 2.05) is 0 Å². The molecule has 0 aromatic heterocycles. The van der Waals surface area contributed by atoms with E-state index in [4.69, 9.17) is 34.8 Å². The summed E-state index contributed by atoms with van der Waals surface area (Å²) in [4.78, 5) is -0.106. The van der Waals surface area contributed by atoms with Crippen molar-refractivity contribution >= 4 is 60.8 Å². The summed E-state index contributed by atoms with van der Waals surface area (Å²) < 4.78 is 27.7. The fourth-order valence-electron chi connectivity index (χ4n) is 1.54. The second-order valence-corrected chi connectivity index (χ2v) is 7.83. The lowest BCUT2D eigenvalue weighted by atomic mass is 10.4. The number of benzene rings is 1. The number of rotatable bonds is 4. The molecule has 0 aliphatic heterocycles. The van der Waals surface area contributed by atoms with Crippen LogP contribution in [0.3, 0.4) is 0 Å². The van der Waals surface area contributed by atoms with Crippen molar-refractivity contribution in [1.29, 1.82) is 0 Å². The van der Waals surface area contributed by atoms with Crippen LogP contribution in [-0.2, 0) is 10.0 Å². The zero-order valence-corrected chi connectivity index (χ0v) is 13.7. The first-order chi connectivity index (χ1) is 8.30. The van der Waals surface area contributed by atoms with Gasteiger partial charge in [-0.25, -0.2) is 13.1 Å². The topological polar surface area (TPSA) is 46.2 Å². The fourth-order valence-corrected chi connectivity index (χ4v) is 5.35. The molecule has 0 amide bonds. The Morgan fingerprint density at radius 1 is 1.28 bits per heavy atom. The average Bonchev–Trinajstić information content (AvgIpc) is 2.95. The summed E-state index contributed by atoms with van der Waals surface area (Å²) in [5.74, 6) is 0.234. The second kappa shape index (κ2) is 5.11. The molecule has 1 aliphatic rings. The highest BCUT2D eigenvalue weighted by Gasteiger charge is 2.46. The lowest BCUT2D eigenvalue weighted by Gasteiger charge is -2.16. The minimum atomic E-state index is -3.76. The van der Waals surface area contributed by atoms with Crippen molar-refractivity contribution in [2.45, 2.75) is 23.3 Å². The van der Waals surface area contributed by atoms with Crippen LogP contribution in [0.4, 0.5) is 0 Å². The lowest BCUT2D eigenvalue weighted by Crippen LogP contribution is -2.38. The van der Waals surface area contributed by atoms with Crippen molar-refractivity contribution in [3.63, 3.8) is 0 Å². The molecule has 0 spiro atoms. The molecule has 0 bridgehead atoms. The van der Waals surface area contributed by atoms with E-state index < -0.39 is 15.6 Å². The summed E-state index contributed by atoms with van der Waals surface area (Å²) in [7, 11) is -3.76. The molecule has 1 aromatic rings. The molecule has 1 fully saturated rings. The van der Waals surface area contributed by atoms with E-state index in [2.05, 4.69) is 20.7 Å². The third-order valence-corrected chi connectivity index (χ3v) is 6.16. The van der Waals surface area contributed by atoms with Crippen molar-refractivity contribution in [3.05, 3.63) is 26.7 Å². The molecule has 0 radical (unpaired) electrons. The van der Waals surface area contributed by atoms with Gasteiger partial charge in [-0.2, -0.15) is 0 Å². The Bertz CT molecular complexity index is 564. The molecule has 0 saturated heterocycles. The first-order valence-corrected chi connectivity index (χ1v) is 8.61. The summed E-state index contributed by atoms with van der Waals surface area (Å²) >= 11 is 20.8. The predicted molar refractivity (Wildman–Crippen MR) is 77.2 cm³/mol. The maximum absolute atomic E-state index is 12.2. The first kappa shape index (κ1) is 14.9. The van der Waals surface area contributed by atoms with Crippen molar-refractivity contribution in [2.24, 2.45) is 0 Å². The van der Waals surface area contributed by atoms with Gasteiger partial charge in [0.05, 0.1) is 10.0 Å². The van der Waals surface area contributed by atoms with Crippen LogP contribution in [-0.4, -0.2) is 19.8 Å². The van der Waals surface area contributed by atoms with Crippen molar-refractivity contribution in [1.82, 2.24) is 4.72 Å². The predicted octanol–water partition coefficient (Wildman–Crippen LogP) is 3.81. The maximum atomic E-state index is 12.2. The lowest BCUT2D eigenvalue weighted by molar-refractivity contribution is 0.559. The normalized spacial score (nSPS) is 17.8. The SMILES string of the molecule is O=S(=O)(NC1(CCl)CC1)c1c(Cl)cc(Br)cc1Cl. The van der Waals surface area contributed by atoms with E-state index in [-0.39, 0.29) is 20.8 Å². The first-order valence-electron chi connectivity index (χ1n) is 5.04. The van der Waals surface area contributed by atoms with Crippen LogP contribution in [0.2, 0.25) is 10.0 Å². The van der Waals surface area contributed by atoms with E-state index in [0.717, 1.165) is 12.8 Å². The van der Waals surface area contributed by atoms with Crippen LogP contribution in [0.25, 0.3) is 0 Å². The van der Waals surface area contributed by atoms with Gasteiger partial charge >= 0.3 is 0 Å². The van der Waals surface area contributed by atoms with Crippen molar-refractivity contribution in [3.8, 4) is 0 Å². The highest BCUT2D eigenvalue weighted by atomic mass is 79.9. The maximum Gasteiger partial charge on any atom is 0.244 e. The smallest absolute Gasteiger partial charge is 0.207 e. The Kier molecular flexibility index (Phi) is 4.22. The number of nitrogens with one attached hydrogen (secondary N) is 1. The minimum absolute atomic E-state index is 0.0762. The van der Waals surface area contributed by atoms with Gasteiger partial charge in [0.15, 0.2) is 0 Å². The molecular formula is C10H9BrCl3NO2S. The van der Waals surface area contributed by atoms with Gasteiger partial charge in [-0.1, -0.05) is 39.1 Å². The van der Waals surface area contributed by atoms with E-state index in [9.17, 15) is 8.42 Å². The fraction of sp³-hybridized carbons (Fsp3) is 0.400. The quantitative estimate of drug-likeness (QED) is 0.791. The molecular weight excluding hydrogens is 384 g/mol. The Balaban J connectivity index is 2.42. The molecule has 8 heteroatoms. The highest BCUT2D eigenvalue weighted by molar-refractivity contribution is 9.10. The zero-order chi connectivity index (χ0) is 13.6. The molecule has 18 heavy (non-hydrogen) atoms. The third-order valence-electron chi connectivity index (χ3n) is 2.69. The van der Waals surface area contributed by atoms with Crippen LogP contribution in [0.5, 0.6) is 0 Å². The van der Waals surface area contributed by atoms with Gasteiger partial charge in [0.2, 0.25) is 10.0 Å². The zero-order valence-electron chi connectivity index (χ0n) is 9.01. The number of alkyl halides is 1. The van der Waals surface area contributed by atoms with Gasteiger partial charge in [0, 0.05) is 15.9 Å². The van der Waals surface area contributed by atoms with Gasteiger partial charge in [-0.05, 0) is 25.0 Å². The second-order valence-electron chi connectivity index (χ2n) is 4.22. The Hall–Kier alpha value is 0.480. The van der Waals surface area contributed by atoms with Crippen LogP contribution in [0.15, 0.2) is 21.5 Å². The van der Waals surface area contributed by atoms with E-state index in [0.29, 0.717) is 4.47 Å². The van der Waals surface area contributed by atoms with Gasteiger partial charge in [0.1, 0.15) is 4.90 Å². The number of hydrogen-bond donors (Lipinski definition) is 1. The molecule has 1 N–H and O–H groups in total. The molecule has 0 heterocycles. The molecule has 1 aliphatic carbocycles. The van der Waals surface area contributed by atoms with Crippen LogP contribution < -0.4 is 4.72 Å². The molecule has 0 atom stereocenters. The van der Waals surface area contributed by atoms with Crippen molar-refractivity contribution < 1.29 is 8.42 Å². The van der Waals surface area contributed by atoms with E-state index in [1.54, 1.807) is 0 Å². The largest absolute Gasteiger partial charge is 0.244 e. The third kappa shape index (κ3) is 2.97. The van der Waals surface area contributed by atoms with Crippen LogP contribution >= 0.6 is 50.7 Å². The Labute approximate surface area is 129 Å². The van der Waals surface area contributed by atoms with Gasteiger partial charge < -0.3 is 0 Å². The summed E-state index contributed by atoms with van der Waals surface area (Å²) in [6.45, 7) is 0. The summed E-state index contributed by atoms with van der Waals surface area (Å²) in [6, 6.07) is 2.98. The number of halogens is 4. The van der Waals surface area contributed by atoms with Gasteiger partial charge in [-0.15, -0.1) is 11.6 Å². The summed E-state index contributed by atoms with van der Waals surface area (Å²) in [5.41, 5.74) is -0.542. The molecule has 0 unspecified atom stereocenters. The molecule has 1 saturated carbocycles. The Morgan fingerprint density at radius 3 is 2.17 bits per heavy atom. The Morgan fingerprint density at radius 2 is 1.78 bits per heavy atom. The van der Waals surface area contributed by atoms with Gasteiger partial charge in [-0.3, -0.25) is 0 Å². The highest BCUT2D eigenvalue weighted by Crippen LogP contribution is 2.40. The molecule has 1 aromatic carbocycles. The van der Waals surface area contributed by atoms with E-state index in [1.165, 1.54) is 12.1 Å². The van der Waals surface area contributed by atoms with E-state index >= 15 is 0 Å². The molecule has 3 nitrogen and oxygen atoms in total. The minimum Gasteiger partial charge on any atom is -0.207 e. The molecule has 100 valence electrons.